The summed E-state index contributed by atoms with van der Waals surface area (Å²) in [5, 5.41) is 0. The highest BCUT2D eigenvalue weighted by Gasteiger charge is 1.98. The molecule has 0 bridgehead atoms. The zero-order chi connectivity index (χ0) is 9.52. The van der Waals surface area contributed by atoms with Gasteiger partial charge in [0.05, 0.1) is 0 Å². The summed E-state index contributed by atoms with van der Waals surface area (Å²) in [6, 6.07) is 10.2. The molecule has 70 valence electrons. The van der Waals surface area contributed by atoms with Crippen molar-refractivity contribution in [3.05, 3.63) is 42.0 Å². The van der Waals surface area contributed by atoms with Crippen LogP contribution in [0.2, 0.25) is 0 Å². The van der Waals surface area contributed by atoms with Crippen molar-refractivity contribution in [1.29, 1.82) is 0 Å². The Morgan fingerprint density at radius 1 is 1.15 bits per heavy atom. The molecule has 0 saturated heterocycles. The fourth-order valence-corrected chi connectivity index (χ4v) is 1.60. The molecule has 0 aliphatic carbocycles. The first-order valence-corrected chi connectivity index (χ1v) is 5.31. The maximum absolute atomic E-state index is 5.70. The molecular weight excluding hydrogens is 203 g/mol. The van der Waals surface area contributed by atoms with Gasteiger partial charge in [0, 0.05) is 11.8 Å². The number of alkyl halides is 2. The molecule has 0 nitrogen and oxygen atoms in total. The topological polar surface area (TPSA) is 0 Å². The second-order valence-corrected chi connectivity index (χ2v) is 3.38. The molecule has 0 aromatic heterocycles. The first-order chi connectivity index (χ1) is 6.38. The van der Waals surface area contributed by atoms with E-state index in [1.54, 1.807) is 0 Å². The molecule has 0 aliphatic rings. The summed E-state index contributed by atoms with van der Waals surface area (Å²) < 4.78 is 0. The fraction of sp³-hybridized carbons (Fsp3) is 0.273. The lowest BCUT2D eigenvalue weighted by Gasteiger charge is -2.04. The van der Waals surface area contributed by atoms with Crippen LogP contribution in [0.15, 0.2) is 36.4 Å². The summed E-state index contributed by atoms with van der Waals surface area (Å²) in [4.78, 5) is 0. The van der Waals surface area contributed by atoms with Crippen molar-refractivity contribution in [2.24, 2.45) is 0 Å². The van der Waals surface area contributed by atoms with Crippen LogP contribution in [-0.4, -0.2) is 11.8 Å². The number of halogens is 2. The minimum absolute atomic E-state index is 0.543. The average molecular weight is 215 g/mol. The summed E-state index contributed by atoms with van der Waals surface area (Å²) in [6.45, 7) is 0. The van der Waals surface area contributed by atoms with Crippen LogP contribution in [0.1, 0.15) is 12.0 Å². The van der Waals surface area contributed by atoms with E-state index in [1.165, 1.54) is 11.1 Å². The van der Waals surface area contributed by atoms with Gasteiger partial charge in [-0.25, -0.2) is 0 Å². The van der Waals surface area contributed by atoms with Gasteiger partial charge in [-0.3, -0.25) is 0 Å². The van der Waals surface area contributed by atoms with E-state index in [0.717, 1.165) is 6.42 Å². The highest BCUT2D eigenvalue weighted by molar-refractivity contribution is 6.19. The maximum atomic E-state index is 5.70. The van der Waals surface area contributed by atoms with E-state index in [0.29, 0.717) is 11.8 Å². The summed E-state index contributed by atoms with van der Waals surface area (Å²) >= 11 is 11.4. The van der Waals surface area contributed by atoms with Crippen molar-refractivity contribution in [2.45, 2.75) is 6.42 Å². The molecular formula is C11H12Cl2. The smallest absolute Gasteiger partial charge is 0.0410 e. The standard InChI is InChI=1S/C11H12Cl2/c12-8-6-11(7-9-13)10-4-2-1-3-5-10/h1-6H,7-9H2. The van der Waals surface area contributed by atoms with Crippen LogP contribution < -0.4 is 0 Å². The van der Waals surface area contributed by atoms with Crippen molar-refractivity contribution < 1.29 is 0 Å². The summed E-state index contributed by atoms with van der Waals surface area (Å²) in [5.74, 6) is 1.18. The fourth-order valence-electron chi connectivity index (χ4n) is 1.21. The largest absolute Gasteiger partial charge is 0.126 e. The third kappa shape index (κ3) is 3.41. The maximum Gasteiger partial charge on any atom is 0.0410 e. The Kier molecular flexibility index (Phi) is 4.95. The first-order valence-electron chi connectivity index (χ1n) is 4.25. The average Bonchev–Trinajstić information content (AvgIpc) is 2.19. The highest BCUT2D eigenvalue weighted by atomic mass is 35.5. The second-order valence-electron chi connectivity index (χ2n) is 2.69. The van der Waals surface area contributed by atoms with Gasteiger partial charge in [0.15, 0.2) is 0 Å². The van der Waals surface area contributed by atoms with E-state index < -0.39 is 0 Å². The van der Waals surface area contributed by atoms with Gasteiger partial charge in [0.2, 0.25) is 0 Å². The molecule has 0 N–H and O–H groups in total. The van der Waals surface area contributed by atoms with Crippen LogP contribution in [0.5, 0.6) is 0 Å². The lowest BCUT2D eigenvalue weighted by molar-refractivity contribution is 1.24. The van der Waals surface area contributed by atoms with Gasteiger partial charge < -0.3 is 0 Å². The van der Waals surface area contributed by atoms with E-state index >= 15 is 0 Å². The SMILES string of the molecule is ClCC=C(CCCl)c1ccccc1. The Balaban J connectivity index is 2.83. The van der Waals surface area contributed by atoms with Crippen LogP contribution >= 0.6 is 23.2 Å². The molecule has 1 rings (SSSR count). The number of hydrogen-bond donors (Lipinski definition) is 0. The van der Waals surface area contributed by atoms with Crippen molar-refractivity contribution in [1.82, 2.24) is 0 Å². The Morgan fingerprint density at radius 3 is 2.38 bits per heavy atom. The van der Waals surface area contributed by atoms with Crippen molar-refractivity contribution >= 4 is 28.8 Å². The zero-order valence-corrected chi connectivity index (χ0v) is 8.85. The molecule has 0 spiro atoms. The highest BCUT2D eigenvalue weighted by Crippen LogP contribution is 2.18. The first kappa shape index (κ1) is 10.6. The van der Waals surface area contributed by atoms with E-state index in [-0.39, 0.29) is 0 Å². The Bertz CT molecular complexity index is 265. The molecule has 0 atom stereocenters. The minimum Gasteiger partial charge on any atom is -0.126 e. The van der Waals surface area contributed by atoms with Crippen LogP contribution in [0, 0.1) is 0 Å². The normalized spacial score (nSPS) is 11.7. The van der Waals surface area contributed by atoms with Gasteiger partial charge in [-0.05, 0) is 17.6 Å². The predicted octanol–water partition coefficient (Wildman–Crippen LogP) is 3.94. The molecule has 0 fully saturated rings. The molecule has 0 amide bonds. The van der Waals surface area contributed by atoms with Gasteiger partial charge in [-0.1, -0.05) is 36.4 Å². The van der Waals surface area contributed by atoms with E-state index in [4.69, 9.17) is 23.2 Å². The number of benzene rings is 1. The quantitative estimate of drug-likeness (QED) is 0.667. The van der Waals surface area contributed by atoms with Gasteiger partial charge in [0.1, 0.15) is 0 Å². The van der Waals surface area contributed by atoms with Crippen LogP contribution in [0.4, 0.5) is 0 Å². The van der Waals surface area contributed by atoms with Gasteiger partial charge in [0.25, 0.3) is 0 Å². The van der Waals surface area contributed by atoms with Crippen molar-refractivity contribution in [3.63, 3.8) is 0 Å². The Labute approximate surface area is 89.2 Å². The molecule has 0 unspecified atom stereocenters. The Morgan fingerprint density at radius 2 is 1.85 bits per heavy atom. The van der Waals surface area contributed by atoms with Crippen LogP contribution in [-0.2, 0) is 0 Å². The summed E-state index contributed by atoms with van der Waals surface area (Å²) in [6.07, 6.45) is 2.89. The monoisotopic (exact) mass is 214 g/mol. The third-order valence-corrected chi connectivity index (χ3v) is 2.18. The molecule has 0 saturated carbocycles. The molecule has 13 heavy (non-hydrogen) atoms. The minimum atomic E-state index is 0.543. The van der Waals surface area contributed by atoms with Gasteiger partial charge in [-0.15, -0.1) is 23.2 Å². The second kappa shape index (κ2) is 6.06. The van der Waals surface area contributed by atoms with Gasteiger partial charge >= 0.3 is 0 Å². The molecule has 0 aliphatic heterocycles. The molecule has 1 aromatic rings. The van der Waals surface area contributed by atoms with E-state index in [1.807, 2.05) is 24.3 Å². The predicted molar refractivity (Wildman–Crippen MR) is 60.5 cm³/mol. The lowest BCUT2D eigenvalue weighted by atomic mass is 10.0. The zero-order valence-electron chi connectivity index (χ0n) is 7.34. The molecule has 1 aromatic carbocycles. The molecule has 2 heteroatoms. The number of rotatable bonds is 4. The van der Waals surface area contributed by atoms with Gasteiger partial charge in [-0.2, -0.15) is 0 Å². The third-order valence-electron chi connectivity index (χ3n) is 1.83. The van der Waals surface area contributed by atoms with E-state index in [9.17, 15) is 0 Å². The Hall–Kier alpha value is -0.460. The van der Waals surface area contributed by atoms with Crippen molar-refractivity contribution in [3.8, 4) is 0 Å². The van der Waals surface area contributed by atoms with Crippen LogP contribution in [0.25, 0.3) is 5.57 Å². The molecule has 0 radical (unpaired) electrons. The lowest BCUT2D eigenvalue weighted by Crippen LogP contribution is -1.86. The summed E-state index contributed by atoms with van der Waals surface area (Å²) in [7, 11) is 0. The molecule has 0 heterocycles. The summed E-state index contributed by atoms with van der Waals surface area (Å²) in [5.41, 5.74) is 2.44. The van der Waals surface area contributed by atoms with Crippen LogP contribution in [0.3, 0.4) is 0 Å². The number of hydrogen-bond acceptors (Lipinski definition) is 0. The number of allylic oxidation sites excluding steroid dienone is 2. The van der Waals surface area contributed by atoms with E-state index in [2.05, 4.69) is 12.1 Å². The van der Waals surface area contributed by atoms with Crippen molar-refractivity contribution in [2.75, 3.05) is 11.8 Å².